The van der Waals surface area contributed by atoms with Crippen LogP contribution in [0.5, 0.6) is 0 Å². The molecule has 1 heterocycles. The molecule has 6 heteroatoms. The molecule has 2 rings (SSSR count). The average Bonchev–Trinajstić information content (AvgIpc) is 3.04. The van der Waals surface area contributed by atoms with Gasteiger partial charge in [0.05, 0.1) is 12.6 Å². The summed E-state index contributed by atoms with van der Waals surface area (Å²) < 4.78 is 5.89. The van der Waals surface area contributed by atoms with Crippen LogP contribution in [-0.2, 0) is 6.54 Å². The van der Waals surface area contributed by atoms with Gasteiger partial charge in [0.2, 0.25) is 0 Å². The lowest BCUT2D eigenvalue weighted by molar-refractivity contribution is 0.199. The van der Waals surface area contributed by atoms with Gasteiger partial charge in [-0.1, -0.05) is 38.1 Å². The van der Waals surface area contributed by atoms with E-state index in [1.54, 1.807) is 6.92 Å². The maximum atomic E-state index is 9.55. The Balaban J connectivity index is 0.00000288. The maximum Gasteiger partial charge on any atom is 0.134 e. The first-order chi connectivity index (χ1) is 11.1. The number of nitrogens with one attached hydrogen (secondary N) is 1. The molecule has 0 fully saturated rings. The third-order valence-corrected chi connectivity index (χ3v) is 4.14. The van der Waals surface area contributed by atoms with Crippen LogP contribution in [0.1, 0.15) is 38.2 Å². The largest absolute Gasteiger partial charge is 0.460 e. The Hall–Kier alpha value is -1.04. The molecule has 0 saturated carbocycles. The predicted molar refractivity (Wildman–Crippen MR) is 109 cm³/mol. The SMILES string of the molecule is CCN(CC)CCNCc1ccc(-c2ccc(C(C)O)cc2)o1.Cl.Cl. The van der Waals surface area contributed by atoms with Crippen LogP contribution in [0.2, 0.25) is 0 Å². The van der Waals surface area contributed by atoms with Gasteiger partial charge < -0.3 is 19.7 Å². The van der Waals surface area contributed by atoms with E-state index < -0.39 is 6.10 Å². The highest BCUT2D eigenvalue weighted by molar-refractivity contribution is 5.85. The van der Waals surface area contributed by atoms with Crippen molar-refractivity contribution < 1.29 is 9.52 Å². The van der Waals surface area contributed by atoms with E-state index in [9.17, 15) is 5.11 Å². The fourth-order valence-electron chi connectivity index (χ4n) is 2.54. The summed E-state index contributed by atoms with van der Waals surface area (Å²) in [7, 11) is 0. The normalized spacial score (nSPS) is 11.7. The maximum absolute atomic E-state index is 9.55. The number of hydrogen-bond acceptors (Lipinski definition) is 4. The third-order valence-electron chi connectivity index (χ3n) is 4.14. The van der Waals surface area contributed by atoms with E-state index in [4.69, 9.17) is 4.42 Å². The van der Waals surface area contributed by atoms with Crippen LogP contribution in [0.4, 0.5) is 0 Å². The molecule has 4 nitrogen and oxygen atoms in total. The van der Waals surface area contributed by atoms with Crippen molar-refractivity contribution in [1.29, 1.82) is 0 Å². The Morgan fingerprint density at radius 3 is 2.24 bits per heavy atom. The molecule has 0 aliphatic rings. The Bertz CT molecular complexity index is 581. The summed E-state index contributed by atoms with van der Waals surface area (Å²) in [6.07, 6.45) is -0.439. The third kappa shape index (κ3) is 7.38. The highest BCUT2D eigenvalue weighted by Crippen LogP contribution is 2.24. The van der Waals surface area contributed by atoms with Crippen LogP contribution >= 0.6 is 24.8 Å². The van der Waals surface area contributed by atoms with E-state index in [1.807, 2.05) is 36.4 Å². The van der Waals surface area contributed by atoms with Gasteiger partial charge in [-0.25, -0.2) is 0 Å². The summed E-state index contributed by atoms with van der Waals surface area (Å²) in [5, 5.41) is 13.0. The van der Waals surface area contributed by atoms with Crippen molar-refractivity contribution in [2.45, 2.75) is 33.4 Å². The van der Waals surface area contributed by atoms with Crippen molar-refractivity contribution in [3.63, 3.8) is 0 Å². The lowest BCUT2D eigenvalue weighted by atomic mass is 10.1. The van der Waals surface area contributed by atoms with E-state index in [0.29, 0.717) is 0 Å². The number of hydrogen-bond donors (Lipinski definition) is 2. The first-order valence-corrected chi connectivity index (χ1v) is 8.44. The second kappa shape index (κ2) is 12.3. The fourth-order valence-corrected chi connectivity index (χ4v) is 2.54. The second-order valence-electron chi connectivity index (χ2n) is 5.77. The van der Waals surface area contributed by atoms with Gasteiger partial charge in [0, 0.05) is 18.7 Å². The van der Waals surface area contributed by atoms with E-state index in [0.717, 1.165) is 55.4 Å². The monoisotopic (exact) mass is 388 g/mol. The van der Waals surface area contributed by atoms with Crippen molar-refractivity contribution in [3.8, 4) is 11.3 Å². The van der Waals surface area contributed by atoms with Crippen LogP contribution in [0, 0.1) is 0 Å². The molecule has 1 aromatic heterocycles. The molecule has 0 aliphatic carbocycles. The molecule has 0 saturated heterocycles. The Kier molecular flexibility index (Phi) is 11.8. The van der Waals surface area contributed by atoms with Gasteiger partial charge in [-0.15, -0.1) is 24.8 Å². The Morgan fingerprint density at radius 2 is 1.68 bits per heavy atom. The number of furan rings is 1. The van der Waals surface area contributed by atoms with E-state index >= 15 is 0 Å². The van der Waals surface area contributed by atoms with Crippen molar-refractivity contribution in [3.05, 3.63) is 47.7 Å². The zero-order valence-corrected chi connectivity index (χ0v) is 16.8. The van der Waals surface area contributed by atoms with Crippen LogP contribution in [0.3, 0.4) is 0 Å². The van der Waals surface area contributed by atoms with Crippen LogP contribution < -0.4 is 5.32 Å². The molecule has 1 aromatic carbocycles. The van der Waals surface area contributed by atoms with Gasteiger partial charge in [0.25, 0.3) is 0 Å². The molecule has 25 heavy (non-hydrogen) atoms. The Labute approximate surface area is 163 Å². The van der Waals surface area contributed by atoms with E-state index in [-0.39, 0.29) is 24.8 Å². The lowest BCUT2D eigenvalue weighted by Gasteiger charge is -2.17. The van der Waals surface area contributed by atoms with Crippen molar-refractivity contribution in [1.82, 2.24) is 10.2 Å². The molecule has 2 N–H and O–H groups in total. The smallest absolute Gasteiger partial charge is 0.134 e. The number of nitrogens with zero attached hydrogens (tertiary/aromatic N) is 1. The molecule has 0 radical (unpaired) electrons. The van der Waals surface area contributed by atoms with Gasteiger partial charge in [-0.3, -0.25) is 0 Å². The van der Waals surface area contributed by atoms with Gasteiger partial charge in [0.15, 0.2) is 0 Å². The van der Waals surface area contributed by atoms with E-state index in [1.165, 1.54) is 0 Å². The number of likely N-dealkylation sites (N-methyl/N-ethyl adjacent to an activating group) is 1. The molecule has 0 bridgehead atoms. The number of benzene rings is 1. The minimum Gasteiger partial charge on any atom is -0.460 e. The van der Waals surface area contributed by atoms with Crippen molar-refractivity contribution in [2.24, 2.45) is 0 Å². The van der Waals surface area contributed by atoms with Crippen molar-refractivity contribution in [2.75, 3.05) is 26.2 Å². The first kappa shape index (κ1) is 24.0. The average molecular weight is 389 g/mol. The van der Waals surface area contributed by atoms with Gasteiger partial charge >= 0.3 is 0 Å². The predicted octanol–water partition coefficient (Wildman–Crippen LogP) is 4.27. The second-order valence-corrected chi connectivity index (χ2v) is 5.77. The topological polar surface area (TPSA) is 48.6 Å². The number of halogens is 2. The lowest BCUT2D eigenvalue weighted by Crippen LogP contribution is -2.31. The standard InChI is InChI=1S/C19H28N2O2.2ClH/c1-4-21(5-2)13-12-20-14-18-10-11-19(23-18)17-8-6-16(7-9-17)15(3)22;;/h6-11,15,20,22H,4-5,12-14H2,1-3H3;2*1H. The minimum atomic E-state index is -0.439. The quantitative estimate of drug-likeness (QED) is 0.629. The summed E-state index contributed by atoms with van der Waals surface area (Å²) >= 11 is 0. The summed E-state index contributed by atoms with van der Waals surface area (Å²) in [4.78, 5) is 2.39. The van der Waals surface area contributed by atoms with Gasteiger partial charge in [-0.2, -0.15) is 0 Å². The molecule has 142 valence electrons. The van der Waals surface area contributed by atoms with E-state index in [2.05, 4.69) is 24.1 Å². The molecule has 0 aliphatic heterocycles. The molecule has 1 unspecified atom stereocenters. The summed E-state index contributed by atoms with van der Waals surface area (Å²) in [5.74, 6) is 1.81. The number of aliphatic hydroxyl groups is 1. The molecule has 1 atom stereocenters. The van der Waals surface area contributed by atoms with Gasteiger partial charge in [0.1, 0.15) is 11.5 Å². The Morgan fingerprint density at radius 1 is 1.04 bits per heavy atom. The van der Waals surface area contributed by atoms with Crippen LogP contribution in [0.15, 0.2) is 40.8 Å². The summed E-state index contributed by atoms with van der Waals surface area (Å²) in [6, 6.07) is 11.9. The molecular formula is C19H30Cl2N2O2. The van der Waals surface area contributed by atoms with Crippen molar-refractivity contribution >= 4 is 24.8 Å². The van der Waals surface area contributed by atoms with Crippen LogP contribution in [-0.4, -0.2) is 36.2 Å². The van der Waals surface area contributed by atoms with Crippen LogP contribution in [0.25, 0.3) is 11.3 Å². The molecular weight excluding hydrogens is 359 g/mol. The fraction of sp³-hybridized carbons (Fsp3) is 0.474. The number of aliphatic hydroxyl groups excluding tert-OH is 1. The number of rotatable bonds is 9. The zero-order chi connectivity index (χ0) is 16.7. The summed E-state index contributed by atoms with van der Waals surface area (Å²) in [6.45, 7) is 11.1. The molecule has 2 aromatic rings. The minimum absolute atomic E-state index is 0. The highest BCUT2D eigenvalue weighted by atomic mass is 35.5. The van der Waals surface area contributed by atoms with Gasteiger partial charge in [-0.05, 0) is 37.7 Å². The highest BCUT2D eigenvalue weighted by Gasteiger charge is 2.06. The molecule has 0 amide bonds. The first-order valence-electron chi connectivity index (χ1n) is 8.44. The summed E-state index contributed by atoms with van der Waals surface area (Å²) in [5.41, 5.74) is 1.95. The molecule has 0 spiro atoms. The zero-order valence-electron chi connectivity index (χ0n) is 15.2.